The van der Waals surface area contributed by atoms with E-state index in [1.165, 1.54) is 13.0 Å². The van der Waals surface area contributed by atoms with Crippen LogP contribution >= 0.6 is 11.6 Å². The Morgan fingerprint density at radius 2 is 2.21 bits per heavy atom. The van der Waals surface area contributed by atoms with Gasteiger partial charge in [-0.15, -0.1) is 11.6 Å². The van der Waals surface area contributed by atoms with Crippen molar-refractivity contribution in [1.82, 2.24) is 0 Å². The topological polar surface area (TPSA) is 66.8 Å². The molecule has 0 aromatic rings. The zero-order valence-electron chi connectivity index (χ0n) is 7.98. The second kappa shape index (κ2) is 4.29. The summed E-state index contributed by atoms with van der Waals surface area (Å²) in [7, 11) is 0. The fourth-order valence-corrected chi connectivity index (χ4v) is 1.32. The van der Waals surface area contributed by atoms with E-state index < -0.39 is 29.7 Å². The second-order valence-electron chi connectivity index (χ2n) is 3.37. The summed E-state index contributed by atoms with van der Waals surface area (Å²) >= 11 is 5.77. The summed E-state index contributed by atoms with van der Waals surface area (Å²) < 4.78 is 4.83. The lowest BCUT2D eigenvalue weighted by Gasteiger charge is -2.26. The standard InChI is InChI=1S/C9H13ClO4/c1-4(11)8(10)6-3-7(12)5(2)14-9(6)13/h3-5,7-8,11-12H,1-2H3. The van der Waals surface area contributed by atoms with Crippen molar-refractivity contribution in [2.24, 2.45) is 0 Å². The number of aliphatic hydroxyl groups excluding tert-OH is 2. The molecular weight excluding hydrogens is 208 g/mol. The van der Waals surface area contributed by atoms with Crippen molar-refractivity contribution in [2.45, 2.75) is 37.5 Å². The van der Waals surface area contributed by atoms with Gasteiger partial charge in [0.25, 0.3) is 0 Å². The number of hydrogen-bond donors (Lipinski definition) is 2. The van der Waals surface area contributed by atoms with Crippen LogP contribution in [0, 0.1) is 0 Å². The number of cyclic esters (lactones) is 1. The monoisotopic (exact) mass is 220 g/mol. The van der Waals surface area contributed by atoms with Gasteiger partial charge in [0, 0.05) is 0 Å². The number of rotatable bonds is 2. The Morgan fingerprint density at radius 1 is 1.64 bits per heavy atom. The second-order valence-corrected chi connectivity index (χ2v) is 3.84. The van der Waals surface area contributed by atoms with Gasteiger partial charge in [-0.3, -0.25) is 0 Å². The van der Waals surface area contributed by atoms with Gasteiger partial charge in [-0.1, -0.05) is 0 Å². The van der Waals surface area contributed by atoms with Gasteiger partial charge < -0.3 is 14.9 Å². The minimum absolute atomic E-state index is 0.118. The predicted molar refractivity (Wildman–Crippen MR) is 51.0 cm³/mol. The SMILES string of the molecule is CC(O)C(Cl)C1=CC(O)C(C)OC1=O. The first-order chi connectivity index (χ1) is 6.43. The fourth-order valence-electron chi connectivity index (χ4n) is 1.16. The first-order valence-corrected chi connectivity index (χ1v) is 4.80. The third kappa shape index (κ3) is 2.26. The molecule has 1 aliphatic rings. The van der Waals surface area contributed by atoms with Crippen molar-refractivity contribution in [3.05, 3.63) is 11.6 Å². The van der Waals surface area contributed by atoms with Crippen LogP contribution in [0.15, 0.2) is 11.6 Å². The highest BCUT2D eigenvalue weighted by molar-refractivity contribution is 6.25. The molecule has 2 N–H and O–H groups in total. The molecule has 0 bridgehead atoms. The fraction of sp³-hybridized carbons (Fsp3) is 0.667. The zero-order valence-corrected chi connectivity index (χ0v) is 8.73. The van der Waals surface area contributed by atoms with E-state index in [9.17, 15) is 15.0 Å². The number of halogens is 1. The van der Waals surface area contributed by atoms with Gasteiger partial charge in [-0.2, -0.15) is 0 Å². The van der Waals surface area contributed by atoms with E-state index in [2.05, 4.69) is 0 Å². The van der Waals surface area contributed by atoms with Gasteiger partial charge >= 0.3 is 5.97 Å². The van der Waals surface area contributed by atoms with Crippen molar-refractivity contribution < 1.29 is 19.7 Å². The normalized spacial score (nSPS) is 31.8. The number of alkyl halides is 1. The van der Waals surface area contributed by atoms with Crippen molar-refractivity contribution in [3.63, 3.8) is 0 Å². The summed E-state index contributed by atoms with van der Waals surface area (Å²) in [5, 5.41) is 17.7. The van der Waals surface area contributed by atoms with Crippen LogP contribution in [-0.2, 0) is 9.53 Å². The number of hydrogen-bond acceptors (Lipinski definition) is 4. The Bertz CT molecular complexity index is 262. The Hall–Kier alpha value is -0.580. The van der Waals surface area contributed by atoms with Crippen molar-refractivity contribution in [2.75, 3.05) is 0 Å². The van der Waals surface area contributed by atoms with Crippen molar-refractivity contribution >= 4 is 17.6 Å². The zero-order chi connectivity index (χ0) is 10.9. The quantitative estimate of drug-likeness (QED) is 0.516. The predicted octanol–water partition coefficient (Wildman–Crippen LogP) is 0.207. The molecule has 5 heteroatoms. The maximum atomic E-state index is 11.3. The van der Waals surface area contributed by atoms with Gasteiger partial charge in [-0.05, 0) is 19.9 Å². The Morgan fingerprint density at radius 3 is 2.71 bits per heavy atom. The summed E-state index contributed by atoms with van der Waals surface area (Å²) in [4.78, 5) is 11.3. The molecule has 4 unspecified atom stereocenters. The summed E-state index contributed by atoms with van der Waals surface area (Å²) in [5.41, 5.74) is 0.118. The Balaban J connectivity index is 2.87. The largest absolute Gasteiger partial charge is 0.456 e. The number of carbonyl (C=O) groups excluding carboxylic acids is 1. The molecule has 4 nitrogen and oxygen atoms in total. The third-order valence-corrected chi connectivity index (χ3v) is 2.68. The summed E-state index contributed by atoms with van der Waals surface area (Å²) in [6.45, 7) is 3.05. The minimum atomic E-state index is -0.865. The van der Waals surface area contributed by atoms with Crippen LogP contribution in [0.25, 0.3) is 0 Å². The number of carbonyl (C=O) groups is 1. The summed E-state index contributed by atoms with van der Waals surface area (Å²) in [6, 6.07) is 0. The molecule has 1 rings (SSSR count). The molecule has 0 saturated heterocycles. The number of ether oxygens (including phenoxy) is 1. The number of esters is 1. The molecule has 0 saturated carbocycles. The molecule has 0 aromatic heterocycles. The van der Waals surface area contributed by atoms with Crippen LogP contribution in [0.1, 0.15) is 13.8 Å². The molecule has 14 heavy (non-hydrogen) atoms. The average Bonchev–Trinajstić information content (AvgIpc) is 2.10. The molecule has 0 amide bonds. The Labute approximate surface area is 87.1 Å². The lowest BCUT2D eigenvalue weighted by Crippen LogP contribution is -2.37. The van der Waals surface area contributed by atoms with E-state index in [1.54, 1.807) is 6.92 Å². The highest BCUT2D eigenvalue weighted by Crippen LogP contribution is 2.22. The molecule has 0 aliphatic carbocycles. The van der Waals surface area contributed by atoms with Crippen LogP contribution in [0.2, 0.25) is 0 Å². The molecule has 0 spiro atoms. The van der Waals surface area contributed by atoms with Crippen LogP contribution in [0.3, 0.4) is 0 Å². The molecule has 0 radical (unpaired) electrons. The minimum Gasteiger partial charge on any atom is -0.456 e. The van der Waals surface area contributed by atoms with Crippen molar-refractivity contribution in [3.8, 4) is 0 Å². The van der Waals surface area contributed by atoms with Gasteiger partial charge in [0.05, 0.1) is 17.1 Å². The maximum absolute atomic E-state index is 11.3. The number of aliphatic hydroxyl groups is 2. The molecule has 4 atom stereocenters. The van der Waals surface area contributed by atoms with E-state index in [0.717, 1.165) is 0 Å². The molecule has 0 aromatic carbocycles. The highest BCUT2D eigenvalue weighted by atomic mass is 35.5. The van der Waals surface area contributed by atoms with E-state index in [0.29, 0.717) is 0 Å². The first-order valence-electron chi connectivity index (χ1n) is 4.36. The van der Waals surface area contributed by atoms with Gasteiger partial charge in [-0.25, -0.2) is 4.79 Å². The van der Waals surface area contributed by atoms with E-state index >= 15 is 0 Å². The molecule has 0 fully saturated rings. The van der Waals surface area contributed by atoms with Crippen LogP contribution in [0.5, 0.6) is 0 Å². The van der Waals surface area contributed by atoms with E-state index in [4.69, 9.17) is 16.3 Å². The third-order valence-electron chi connectivity index (χ3n) is 2.08. The summed E-state index contributed by atoms with van der Waals surface area (Å²) in [5.74, 6) is -0.580. The Kier molecular flexibility index (Phi) is 3.53. The van der Waals surface area contributed by atoms with Gasteiger partial charge in [0.2, 0.25) is 0 Å². The summed E-state index contributed by atoms with van der Waals surface area (Å²) in [6.07, 6.45) is -0.955. The lowest BCUT2D eigenvalue weighted by atomic mass is 10.0. The van der Waals surface area contributed by atoms with Crippen LogP contribution in [0.4, 0.5) is 0 Å². The molecular formula is C9H13ClO4. The molecule has 1 heterocycles. The molecule has 80 valence electrons. The molecule has 1 aliphatic heterocycles. The van der Waals surface area contributed by atoms with Gasteiger partial charge in [0.15, 0.2) is 0 Å². The smallest absolute Gasteiger partial charge is 0.335 e. The highest BCUT2D eigenvalue weighted by Gasteiger charge is 2.32. The van der Waals surface area contributed by atoms with E-state index in [-0.39, 0.29) is 5.57 Å². The first kappa shape index (κ1) is 11.5. The van der Waals surface area contributed by atoms with Crippen LogP contribution in [-0.4, -0.2) is 39.9 Å². The van der Waals surface area contributed by atoms with Crippen LogP contribution < -0.4 is 0 Å². The van der Waals surface area contributed by atoms with Gasteiger partial charge in [0.1, 0.15) is 12.2 Å². The van der Waals surface area contributed by atoms with E-state index in [1.807, 2.05) is 0 Å². The maximum Gasteiger partial charge on any atom is 0.335 e. The lowest BCUT2D eigenvalue weighted by molar-refractivity contribution is -0.150. The average molecular weight is 221 g/mol. The van der Waals surface area contributed by atoms with Crippen molar-refractivity contribution in [1.29, 1.82) is 0 Å².